The van der Waals surface area contributed by atoms with Crippen molar-refractivity contribution in [2.24, 2.45) is 11.7 Å². The van der Waals surface area contributed by atoms with Crippen molar-refractivity contribution in [3.63, 3.8) is 0 Å². The third-order valence-electron chi connectivity index (χ3n) is 3.90. The number of nitrogens with two attached hydrogens (primary N) is 1. The van der Waals surface area contributed by atoms with Gasteiger partial charge >= 0.3 is 0 Å². The molecule has 110 valence electrons. The maximum Gasteiger partial charge on any atom is 0.227 e. The number of carbonyl (C=O) groups excluding carboxylic acids is 1. The zero-order valence-electron chi connectivity index (χ0n) is 12.3. The Morgan fingerprint density at radius 1 is 1.40 bits per heavy atom. The molecule has 1 heterocycles. The van der Waals surface area contributed by atoms with E-state index in [0.29, 0.717) is 31.5 Å². The van der Waals surface area contributed by atoms with Gasteiger partial charge in [0.1, 0.15) is 5.75 Å². The highest BCUT2D eigenvalue weighted by atomic mass is 16.5. The van der Waals surface area contributed by atoms with E-state index in [9.17, 15) is 4.79 Å². The van der Waals surface area contributed by atoms with Crippen molar-refractivity contribution in [2.45, 2.75) is 32.7 Å². The molecule has 4 nitrogen and oxygen atoms in total. The molecule has 1 saturated heterocycles. The molecule has 20 heavy (non-hydrogen) atoms. The molecular formula is C16H24N2O2. The van der Waals surface area contributed by atoms with Crippen LogP contribution in [-0.4, -0.2) is 36.5 Å². The molecule has 0 aliphatic carbocycles. The molecule has 4 heteroatoms. The topological polar surface area (TPSA) is 55.6 Å². The fourth-order valence-corrected chi connectivity index (χ4v) is 2.81. The van der Waals surface area contributed by atoms with Gasteiger partial charge in [0.2, 0.25) is 5.91 Å². The molecule has 0 saturated carbocycles. The number of carbonyl (C=O) groups is 1. The molecule has 0 aromatic heterocycles. The van der Waals surface area contributed by atoms with Crippen molar-refractivity contribution in [3.8, 4) is 5.75 Å². The van der Waals surface area contributed by atoms with Crippen LogP contribution in [0, 0.1) is 5.92 Å². The van der Waals surface area contributed by atoms with Gasteiger partial charge in [-0.15, -0.1) is 0 Å². The van der Waals surface area contributed by atoms with E-state index in [1.807, 2.05) is 36.1 Å². The highest BCUT2D eigenvalue weighted by Crippen LogP contribution is 2.23. The second-order valence-electron chi connectivity index (χ2n) is 5.49. The SMILES string of the molecule is CCOc1ccc(CC(=O)N2CC(CN)CC2C)cc1. The summed E-state index contributed by atoms with van der Waals surface area (Å²) in [4.78, 5) is 14.3. The molecule has 2 atom stereocenters. The van der Waals surface area contributed by atoms with E-state index in [1.165, 1.54) is 0 Å². The molecule has 0 radical (unpaired) electrons. The Kier molecular flexibility index (Phi) is 5.01. The largest absolute Gasteiger partial charge is 0.494 e. The fourth-order valence-electron chi connectivity index (χ4n) is 2.81. The van der Waals surface area contributed by atoms with Gasteiger partial charge in [-0.3, -0.25) is 4.79 Å². The molecule has 1 aliphatic heterocycles. The molecule has 1 aromatic carbocycles. The Bertz CT molecular complexity index is 444. The molecule has 1 aliphatic rings. The van der Waals surface area contributed by atoms with Crippen LogP contribution < -0.4 is 10.5 Å². The molecule has 0 bridgehead atoms. The normalized spacial score (nSPS) is 22.1. The first-order chi connectivity index (χ1) is 9.63. The summed E-state index contributed by atoms with van der Waals surface area (Å²) in [6.45, 7) is 6.18. The summed E-state index contributed by atoms with van der Waals surface area (Å²) in [6.07, 6.45) is 1.47. The van der Waals surface area contributed by atoms with Crippen LogP contribution in [0.5, 0.6) is 5.75 Å². The van der Waals surface area contributed by atoms with Crippen LogP contribution in [0.4, 0.5) is 0 Å². The third kappa shape index (κ3) is 3.51. The Hall–Kier alpha value is -1.55. The number of hydrogen-bond donors (Lipinski definition) is 1. The van der Waals surface area contributed by atoms with Gasteiger partial charge < -0.3 is 15.4 Å². The van der Waals surface area contributed by atoms with Gasteiger partial charge in [0, 0.05) is 12.6 Å². The Labute approximate surface area is 120 Å². The van der Waals surface area contributed by atoms with Crippen molar-refractivity contribution < 1.29 is 9.53 Å². The molecule has 1 aromatic rings. The monoisotopic (exact) mass is 276 g/mol. The van der Waals surface area contributed by atoms with Crippen molar-refractivity contribution in [3.05, 3.63) is 29.8 Å². The first-order valence-corrected chi connectivity index (χ1v) is 7.35. The number of hydrogen-bond acceptors (Lipinski definition) is 3. The highest BCUT2D eigenvalue weighted by Gasteiger charge is 2.31. The Morgan fingerprint density at radius 2 is 2.10 bits per heavy atom. The predicted molar refractivity (Wildman–Crippen MR) is 79.7 cm³/mol. The minimum Gasteiger partial charge on any atom is -0.494 e. The third-order valence-corrected chi connectivity index (χ3v) is 3.90. The summed E-state index contributed by atoms with van der Waals surface area (Å²) < 4.78 is 5.40. The fraction of sp³-hybridized carbons (Fsp3) is 0.562. The molecule has 1 fully saturated rings. The summed E-state index contributed by atoms with van der Waals surface area (Å²) in [5.74, 6) is 1.49. The zero-order chi connectivity index (χ0) is 14.5. The first kappa shape index (κ1) is 14.9. The maximum atomic E-state index is 12.4. The summed E-state index contributed by atoms with van der Waals surface area (Å²) in [5, 5.41) is 0. The average molecular weight is 276 g/mol. The van der Waals surface area contributed by atoms with Gasteiger partial charge in [-0.1, -0.05) is 12.1 Å². The highest BCUT2D eigenvalue weighted by molar-refractivity contribution is 5.79. The van der Waals surface area contributed by atoms with Gasteiger partial charge in [-0.05, 0) is 50.4 Å². The lowest BCUT2D eigenvalue weighted by atomic mass is 10.1. The van der Waals surface area contributed by atoms with Crippen LogP contribution in [0.15, 0.2) is 24.3 Å². The van der Waals surface area contributed by atoms with E-state index >= 15 is 0 Å². The molecule has 2 rings (SSSR count). The minimum atomic E-state index is 0.192. The van der Waals surface area contributed by atoms with Gasteiger partial charge in [-0.2, -0.15) is 0 Å². The summed E-state index contributed by atoms with van der Waals surface area (Å²) >= 11 is 0. The van der Waals surface area contributed by atoms with Crippen LogP contribution in [0.2, 0.25) is 0 Å². The number of amides is 1. The minimum absolute atomic E-state index is 0.192. The molecule has 2 unspecified atom stereocenters. The van der Waals surface area contributed by atoms with E-state index in [-0.39, 0.29) is 5.91 Å². The van der Waals surface area contributed by atoms with Crippen LogP contribution in [0.3, 0.4) is 0 Å². The molecule has 2 N–H and O–H groups in total. The predicted octanol–water partition coefficient (Wildman–Crippen LogP) is 1.82. The van der Waals surface area contributed by atoms with Crippen molar-refractivity contribution in [2.75, 3.05) is 19.7 Å². The van der Waals surface area contributed by atoms with Gasteiger partial charge in [-0.25, -0.2) is 0 Å². The Balaban J connectivity index is 1.94. The maximum absolute atomic E-state index is 12.4. The van der Waals surface area contributed by atoms with Crippen molar-refractivity contribution >= 4 is 5.91 Å². The lowest BCUT2D eigenvalue weighted by Crippen LogP contribution is -2.35. The molecule has 0 spiro atoms. The van der Waals surface area contributed by atoms with Gasteiger partial charge in [0.05, 0.1) is 13.0 Å². The first-order valence-electron chi connectivity index (χ1n) is 7.35. The lowest BCUT2D eigenvalue weighted by Gasteiger charge is -2.21. The number of likely N-dealkylation sites (tertiary alicyclic amines) is 1. The number of nitrogens with zero attached hydrogens (tertiary/aromatic N) is 1. The van der Waals surface area contributed by atoms with Crippen LogP contribution in [-0.2, 0) is 11.2 Å². The summed E-state index contributed by atoms with van der Waals surface area (Å²) in [5.41, 5.74) is 6.73. The van der Waals surface area contributed by atoms with Crippen LogP contribution in [0.25, 0.3) is 0 Å². The van der Waals surface area contributed by atoms with Crippen molar-refractivity contribution in [1.82, 2.24) is 4.90 Å². The summed E-state index contributed by atoms with van der Waals surface area (Å²) in [6, 6.07) is 8.07. The Morgan fingerprint density at radius 3 is 2.65 bits per heavy atom. The van der Waals surface area contributed by atoms with E-state index in [4.69, 9.17) is 10.5 Å². The van der Waals surface area contributed by atoms with Gasteiger partial charge in [0.15, 0.2) is 0 Å². The lowest BCUT2D eigenvalue weighted by molar-refractivity contribution is -0.131. The van der Waals surface area contributed by atoms with E-state index < -0.39 is 0 Å². The van der Waals surface area contributed by atoms with Crippen LogP contribution in [0.1, 0.15) is 25.8 Å². The van der Waals surface area contributed by atoms with Crippen molar-refractivity contribution in [1.29, 1.82) is 0 Å². The molecular weight excluding hydrogens is 252 g/mol. The number of rotatable bonds is 5. The smallest absolute Gasteiger partial charge is 0.227 e. The van der Waals surface area contributed by atoms with E-state index in [0.717, 1.165) is 24.3 Å². The molecule has 1 amide bonds. The van der Waals surface area contributed by atoms with Gasteiger partial charge in [0.25, 0.3) is 0 Å². The van der Waals surface area contributed by atoms with E-state index in [2.05, 4.69) is 6.92 Å². The number of ether oxygens (including phenoxy) is 1. The zero-order valence-corrected chi connectivity index (χ0v) is 12.3. The van der Waals surface area contributed by atoms with E-state index in [1.54, 1.807) is 0 Å². The standard InChI is InChI=1S/C16H24N2O2/c1-3-20-15-6-4-13(5-7-15)9-16(19)18-11-14(10-17)8-12(18)2/h4-7,12,14H,3,8-11,17H2,1-2H3. The second-order valence-corrected chi connectivity index (χ2v) is 5.49. The average Bonchev–Trinajstić information content (AvgIpc) is 2.83. The van der Waals surface area contributed by atoms with Crippen LogP contribution >= 0.6 is 0 Å². The summed E-state index contributed by atoms with van der Waals surface area (Å²) in [7, 11) is 0. The second kappa shape index (κ2) is 6.75. The number of benzene rings is 1. The quantitative estimate of drug-likeness (QED) is 0.892.